The highest BCUT2D eigenvalue weighted by Gasteiger charge is 2.39. The van der Waals surface area contributed by atoms with Gasteiger partial charge in [0.25, 0.3) is 0 Å². The van der Waals surface area contributed by atoms with E-state index >= 15 is 0 Å². The largest absolute Gasteiger partial charge is 0.496 e. The summed E-state index contributed by atoms with van der Waals surface area (Å²) in [5.74, 6) is 0.949. The molecule has 1 aromatic rings. The summed E-state index contributed by atoms with van der Waals surface area (Å²) in [4.78, 5) is 2.56. The Morgan fingerprint density at radius 2 is 1.95 bits per heavy atom. The van der Waals surface area contributed by atoms with E-state index in [0.717, 1.165) is 18.8 Å². The number of hydrogen-bond donors (Lipinski definition) is 1. The Balaban J connectivity index is 2.29. The molecule has 1 aromatic carbocycles. The van der Waals surface area contributed by atoms with Crippen molar-refractivity contribution in [2.24, 2.45) is 11.1 Å². The van der Waals surface area contributed by atoms with Crippen LogP contribution in [0.4, 0.5) is 0 Å². The normalized spacial score (nSPS) is 21.2. The highest BCUT2D eigenvalue weighted by atomic mass is 16.5. The SMILES string of the molecule is CCC1(CC)CCN(C(c2ccccc2OC)C(C)N)C1. The van der Waals surface area contributed by atoms with Crippen molar-refractivity contribution in [1.82, 2.24) is 4.90 Å². The molecular formula is C18H30N2O. The molecule has 1 aliphatic heterocycles. The van der Waals surface area contributed by atoms with Crippen molar-refractivity contribution in [3.05, 3.63) is 29.8 Å². The van der Waals surface area contributed by atoms with Gasteiger partial charge in [0.1, 0.15) is 5.75 Å². The van der Waals surface area contributed by atoms with Crippen molar-refractivity contribution in [3.63, 3.8) is 0 Å². The maximum atomic E-state index is 6.35. The summed E-state index contributed by atoms with van der Waals surface area (Å²) in [5.41, 5.74) is 8.03. The van der Waals surface area contributed by atoms with Crippen molar-refractivity contribution in [1.29, 1.82) is 0 Å². The molecule has 0 saturated carbocycles. The minimum atomic E-state index is 0.0887. The number of rotatable bonds is 6. The highest BCUT2D eigenvalue weighted by molar-refractivity contribution is 5.37. The van der Waals surface area contributed by atoms with Crippen molar-refractivity contribution >= 4 is 0 Å². The van der Waals surface area contributed by atoms with E-state index in [9.17, 15) is 0 Å². The molecule has 0 bridgehead atoms. The van der Waals surface area contributed by atoms with Gasteiger partial charge in [0.2, 0.25) is 0 Å². The monoisotopic (exact) mass is 290 g/mol. The lowest BCUT2D eigenvalue weighted by molar-refractivity contribution is 0.175. The van der Waals surface area contributed by atoms with Gasteiger partial charge in [0.15, 0.2) is 0 Å². The summed E-state index contributed by atoms with van der Waals surface area (Å²) < 4.78 is 5.56. The van der Waals surface area contributed by atoms with Gasteiger partial charge in [-0.15, -0.1) is 0 Å². The van der Waals surface area contributed by atoms with E-state index in [1.54, 1.807) is 7.11 Å². The van der Waals surface area contributed by atoms with Gasteiger partial charge in [0, 0.05) is 18.2 Å². The van der Waals surface area contributed by atoms with E-state index in [2.05, 4.69) is 37.8 Å². The summed E-state index contributed by atoms with van der Waals surface area (Å²) in [6, 6.07) is 8.62. The first-order valence-corrected chi connectivity index (χ1v) is 8.19. The molecule has 0 radical (unpaired) electrons. The fraction of sp³-hybridized carbons (Fsp3) is 0.667. The van der Waals surface area contributed by atoms with Crippen molar-refractivity contribution in [2.75, 3.05) is 20.2 Å². The third-order valence-electron chi connectivity index (χ3n) is 5.32. The fourth-order valence-corrected chi connectivity index (χ4v) is 3.76. The Morgan fingerprint density at radius 3 is 2.48 bits per heavy atom. The summed E-state index contributed by atoms with van der Waals surface area (Å²) in [5, 5.41) is 0. The Kier molecular flexibility index (Phi) is 5.28. The third kappa shape index (κ3) is 3.24. The molecule has 2 rings (SSSR count). The molecular weight excluding hydrogens is 260 g/mol. The number of ether oxygens (including phenoxy) is 1. The molecule has 0 aromatic heterocycles. The maximum Gasteiger partial charge on any atom is 0.123 e. The van der Waals surface area contributed by atoms with E-state index < -0.39 is 0 Å². The average Bonchev–Trinajstić information content (AvgIpc) is 2.92. The first-order chi connectivity index (χ1) is 10.1. The lowest BCUT2D eigenvalue weighted by Crippen LogP contribution is -2.39. The van der Waals surface area contributed by atoms with Crippen LogP contribution in [0.15, 0.2) is 24.3 Å². The fourth-order valence-electron chi connectivity index (χ4n) is 3.76. The van der Waals surface area contributed by atoms with Gasteiger partial charge >= 0.3 is 0 Å². The lowest BCUT2D eigenvalue weighted by atomic mass is 9.82. The molecule has 0 spiro atoms. The minimum Gasteiger partial charge on any atom is -0.496 e. The molecule has 2 N–H and O–H groups in total. The van der Waals surface area contributed by atoms with Gasteiger partial charge in [-0.3, -0.25) is 4.90 Å². The number of benzene rings is 1. The standard InChI is InChI=1S/C18H30N2O/c1-5-18(6-2)11-12-20(13-18)17(14(3)19)15-9-7-8-10-16(15)21-4/h7-10,14,17H,5-6,11-13,19H2,1-4H3. The van der Waals surface area contributed by atoms with Crippen LogP contribution in [0.3, 0.4) is 0 Å². The van der Waals surface area contributed by atoms with Gasteiger partial charge in [-0.2, -0.15) is 0 Å². The minimum absolute atomic E-state index is 0.0887. The van der Waals surface area contributed by atoms with Crippen LogP contribution in [0.25, 0.3) is 0 Å². The first-order valence-electron chi connectivity index (χ1n) is 8.19. The molecule has 3 heteroatoms. The van der Waals surface area contributed by atoms with Crippen LogP contribution in [0.5, 0.6) is 5.75 Å². The van der Waals surface area contributed by atoms with Crippen LogP contribution in [-0.2, 0) is 0 Å². The molecule has 0 aliphatic carbocycles. The van der Waals surface area contributed by atoms with Crippen molar-refractivity contribution in [3.8, 4) is 5.75 Å². The Labute approximate surface area is 129 Å². The summed E-state index contributed by atoms with van der Waals surface area (Å²) in [7, 11) is 1.74. The third-order valence-corrected chi connectivity index (χ3v) is 5.32. The average molecular weight is 290 g/mol. The zero-order valence-electron chi connectivity index (χ0n) is 13.9. The van der Waals surface area contributed by atoms with Crippen LogP contribution < -0.4 is 10.5 Å². The Bertz CT molecular complexity index is 454. The molecule has 2 unspecified atom stereocenters. The number of para-hydroxylation sites is 1. The van der Waals surface area contributed by atoms with E-state index in [4.69, 9.17) is 10.5 Å². The smallest absolute Gasteiger partial charge is 0.123 e. The van der Waals surface area contributed by atoms with E-state index in [1.165, 1.54) is 24.8 Å². The van der Waals surface area contributed by atoms with E-state index in [0.29, 0.717) is 5.41 Å². The molecule has 1 aliphatic rings. The summed E-state index contributed by atoms with van der Waals surface area (Å²) in [6.45, 7) is 9.01. The molecule has 3 nitrogen and oxygen atoms in total. The van der Waals surface area contributed by atoms with E-state index in [1.807, 2.05) is 12.1 Å². The van der Waals surface area contributed by atoms with Crippen LogP contribution in [-0.4, -0.2) is 31.1 Å². The molecule has 1 heterocycles. The van der Waals surface area contributed by atoms with Crippen molar-refractivity contribution in [2.45, 2.75) is 52.1 Å². The number of methoxy groups -OCH3 is 1. The van der Waals surface area contributed by atoms with Gasteiger partial charge in [0.05, 0.1) is 13.2 Å². The molecule has 118 valence electrons. The zero-order valence-corrected chi connectivity index (χ0v) is 13.9. The van der Waals surface area contributed by atoms with Crippen LogP contribution >= 0.6 is 0 Å². The number of nitrogens with two attached hydrogens (primary N) is 1. The predicted molar refractivity (Wildman–Crippen MR) is 88.6 cm³/mol. The van der Waals surface area contributed by atoms with Gasteiger partial charge in [-0.05, 0) is 44.2 Å². The topological polar surface area (TPSA) is 38.5 Å². The zero-order chi connectivity index (χ0) is 15.5. The Hall–Kier alpha value is -1.06. The number of hydrogen-bond acceptors (Lipinski definition) is 3. The number of likely N-dealkylation sites (tertiary alicyclic amines) is 1. The predicted octanol–water partition coefficient (Wildman–Crippen LogP) is 3.60. The van der Waals surface area contributed by atoms with Gasteiger partial charge in [-0.25, -0.2) is 0 Å². The quantitative estimate of drug-likeness (QED) is 0.870. The van der Waals surface area contributed by atoms with E-state index in [-0.39, 0.29) is 12.1 Å². The van der Waals surface area contributed by atoms with Crippen molar-refractivity contribution < 1.29 is 4.74 Å². The van der Waals surface area contributed by atoms with Crippen LogP contribution in [0, 0.1) is 5.41 Å². The summed E-state index contributed by atoms with van der Waals surface area (Å²) >= 11 is 0. The van der Waals surface area contributed by atoms with Crippen LogP contribution in [0.2, 0.25) is 0 Å². The number of nitrogens with zero attached hydrogens (tertiary/aromatic N) is 1. The first kappa shape index (κ1) is 16.3. The molecule has 21 heavy (non-hydrogen) atoms. The second-order valence-electron chi connectivity index (χ2n) is 6.47. The van der Waals surface area contributed by atoms with Crippen LogP contribution in [0.1, 0.15) is 51.6 Å². The molecule has 0 amide bonds. The lowest BCUT2D eigenvalue weighted by Gasteiger charge is -2.34. The second kappa shape index (κ2) is 6.80. The summed E-state index contributed by atoms with van der Waals surface area (Å²) in [6.07, 6.45) is 3.77. The van der Waals surface area contributed by atoms with Gasteiger partial charge in [-0.1, -0.05) is 32.0 Å². The highest BCUT2D eigenvalue weighted by Crippen LogP contribution is 2.42. The maximum absolute atomic E-state index is 6.35. The van der Waals surface area contributed by atoms with Gasteiger partial charge < -0.3 is 10.5 Å². The second-order valence-corrected chi connectivity index (χ2v) is 6.47. The molecule has 2 atom stereocenters. The molecule has 1 fully saturated rings. The molecule has 1 saturated heterocycles. The Morgan fingerprint density at radius 1 is 1.29 bits per heavy atom.